The van der Waals surface area contributed by atoms with E-state index in [-0.39, 0.29) is 18.8 Å². The van der Waals surface area contributed by atoms with E-state index in [0.29, 0.717) is 0 Å². The molecule has 4 heteroatoms. The molecule has 1 saturated carbocycles. The number of nitrogens with two attached hydrogens (primary N) is 1. The van der Waals surface area contributed by atoms with Crippen molar-refractivity contribution >= 4 is 5.97 Å². The molecule has 15 heavy (non-hydrogen) atoms. The minimum Gasteiger partial charge on any atom is -0.481 e. The normalized spacial score (nSPS) is 27.7. The Labute approximate surface area is 90.8 Å². The fraction of sp³-hybridized carbons (Fsp3) is 0.909. The van der Waals surface area contributed by atoms with Gasteiger partial charge in [0, 0.05) is 6.04 Å². The zero-order valence-electron chi connectivity index (χ0n) is 9.53. The van der Waals surface area contributed by atoms with Crippen LogP contribution in [0.5, 0.6) is 0 Å². The van der Waals surface area contributed by atoms with Crippen LogP contribution in [0.1, 0.15) is 39.5 Å². The largest absolute Gasteiger partial charge is 0.481 e. The first-order valence-electron chi connectivity index (χ1n) is 5.52. The predicted octanol–water partition coefficient (Wildman–Crippen LogP) is 1.38. The molecule has 0 amide bonds. The summed E-state index contributed by atoms with van der Waals surface area (Å²) in [5, 5.41) is 8.92. The quantitative estimate of drug-likeness (QED) is 0.743. The Bertz CT molecular complexity index is 228. The highest BCUT2D eigenvalue weighted by atomic mass is 16.5. The number of ether oxygens (including phenoxy) is 1. The van der Waals surface area contributed by atoms with Gasteiger partial charge in [0.15, 0.2) is 0 Å². The molecule has 0 spiro atoms. The summed E-state index contributed by atoms with van der Waals surface area (Å²) in [4.78, 5) is 10.9. The Hall–Kier alpha value is -0.610. The molecule has 1 rings (SSSR count). The molecule has 0 bridgehead atoms. The summed E-state index contributed by atoms with van der Waals surface area (Å²) < 4.78 is 5.62. The van der Waals surface area contributed by atoms with Gasteiger partial charge in [0.25, 0.3) is 0 Å². The van der Waals surface area contributed by atoms with Gasteiger partial charge in [0.2, 0.25) is 0 Å². The van der Waals surface area contributed by atoms with Crippen molar-refractivity contribution in [2.45, 2.75) is 51.7 Å². The second kappa shape index (κ2) is 4.94. The number of carbonyl (C=O) groups is 1. The monoisotopic (exact) mass is 215 g/mol. The minimum absolute atomic E-state index is 0.146. The Morgan fingerprint density at radius 1 is 1.53 bits per heavy atom. The third kappa shape index (κ3) is 3.80. The lowest BCUT2D eigenvalue weighted by Crippen LogP contribution is -2.36. The van der Waals surface area contributed by atoms with Crippen molar-refractivity contribution < 1.29 is 14.6 Å². The number of aliphatic carboxylic acids is 1. The van der Waals surface area contributed by atoms with E-state index in [1.165, 1.54) is 0 Å². The highest BCUT2D eigenvalue weighted by Crippen LogP contribution is 2.23. The van der Waals surface area contributed by atoms with Crippen LogP contribution in [-0.2, 0) is 9.53 Å². The van der Waals surface area contributed by atoms with Gasteiger partial charge in [-0.2, -0.15) is 0 Å². The average molecular weight is 215 g/mol. The molecule has 0 radical (unpaired) electrons. The highest BCUT2D eigenvalue weighted by Gasteiger charge is 2.29. The number of hydrogen-bond donors (Lipinski definition) is 2. The number of rotatable bonds is 4. The zero-order chi connectivity index (χ0) is 11.5. The van der Waals surface area contributed by atoms with E-state index in [4.69, 9.17) is 15.6 Å². The van der Waals surface area contributed by atoms with Crippen molar-refractivity contribution in [1.82, 2.24) is 0 Å². The molecule has 88 valence electrons. The lowest BCUT2D eigenvalue weighted by Gasteiger charge is -2.29. The van der Waals surface area contributed by atoms with Crippen LogP contribution in [0.15, 0.2) is 0 Å². The van der Waals surface area contributed by atoms with E-state index < -0.39 is 11.4 Å². The fourth-order valence-corrected chi connectivity index (χ4v) is 1.72. The van der Waals surface area contributed by atoms with Gasteiger partial charge in [-0.1, -0.05) is 0 Å². The van der Waals surface area contributed by atoms with Gasteiger partial charge in [-0.3, -0.25) is 4.79 Å². The topological polar surface area (TPSA) is 72.5 Å². The Balaban J connectivity index is 2.33. The van der Waals surface area contributed by atoms with Gasteiger partial charge >= 0.3 is 5.97 Å². The van der Waals surface area contributed by atoms with Gasteiger partial charge in [-0.15, -0.1) is 0 Å². The Morgan fingerprint density at radius 2 is 2.20 bits per heavy atom. The molecule has 2 unspecified atom stereocenters. The first-order valence-corrected chi connectivity index (χ1v) is 5.52. The molecule has 0 aliphatic heterocycles. The van der Waals surface area contributed by atoms with Gasteiger partial charge in [0.1, 0.15) is 0 Å². The third-order valence-electron chi connectivity index (χ3n) is 2.93. The summed E-state index contributed by atoms with van der Waals surface area (Å²) in [5.41, 5.74) is 5.02. The number of hydrogen-bond acceptors (Lipinski definition) is 3. The molecule has 1 aliphatic carbocycles. The van der Waals surface area contributed by atoms with E-state index in [1.807, 2.05) is 0 Å². The van der Waals surface area contributed by atoms with Crippen LogP contribution in [0.2, 0.25) is 0 Å². The summed E-state index contributed by atoms with van der Waals surface area (Å²) in [6.07, 6.45) is 4.15. The molecule has 4 nitrogen and oxygen atoms in total. The molecule has 0 aromatic carbocycles. The van der Waals surface area contributed by atoms with E-state index in [9.17, 15) is 4.79 Å². The van der Waals surface area contributed by atoms with Gasteiger partial charge in [-0.05, 0) is 39.5 Å². The molecule has 0 heterocycles. The van der Waals surface area contributed by atoms with E-state index in [2.05, 4.69) is 0 Å². The minimum atomic E-state index is -0.817. The van der Waals surface area contributed by atoms with Crippen LogP contribution in [0, 0.1) is 5.41 Å². The van der Waals surface area contributed by atoms with E-state index in [1.54, 1.807) is 13.8 Å². The van der Waals surface area contributed by atoms with Crippen LogP contribution in [0.25, 0.3) is 0 Å². The maximum atomic E-state index is 10.9. The summed E-state index contributed by atoms with van der Waals surface area (Å²) in [5.74, 6) is -0.817. The smallest absolute Gasteiger partial charge is 0.311 e. The van der Waals surface area contributed by atoms with Gasteiger partial charge < -0.3 is 15.6 Å². The average Bonchev–Trinajstić information content (AvgIpc) is 2.15. The number of carboxylic acids is 1. The molecule has 0 saturated heterocycles. The lowest BCUT2D eigenvalue weighted by atomic mass is 9.92. The van der Waals surface area contributed by atoms with Gasteiger partial charge in [0.05, 0.1) is 18.1 Å². The molecule has 0 aromatic heterocycles. The maximum absolute atomic E-state index is 10.9. The van der Waals surface area contributed by atoms with Crippen LogP contribution >= 0.6 is 0 Å². The van der Waals surface area contributed by atoms with Crippen LogP contribution in [0.4, 0.5) is 0 Å². The second-order valence-corrected chi connectivity index (χ2v) is 5.05. The summed E-state index contributed by atoms with van der Waals surface area (Å²) >= 11 is 0. The molecular weight excluding hydrogens is 194 g/mol. The first kappa shape index (κ1) is 12.5. The molecule has 0 aromatic rings. The Kier molecular flexibility index (Phi) is 4.11. The molecule has 1 fully saturated rings. The van der Waals surface area contributed by atoms with Crippen molar-refractivity contribution in [1.29, 1.82) is 0 Å². The molecular formula is C11H21NO3. The van der Waals surface area contributed by atoms with Crippen LogP contribution < -0.4 is 5.73 Å². The zero-order valence-corrected chi connectivity index (χ0v) is 9.53. The van der Waals surface area contributed by atoms with E-state index in [0.717, 1.165) is 25.7 Å². The Morgan fingerprint density at radius 3 is 2.73 bits per heavy atom. The standard InChI is InChI=1S/C11H21NO3/c1-11(2,10(13)14)7-15-9-5-3-4-8(12)6-9/h8-9H,3-7,12H2,1-2H3,(H,13,14). The van der Waals surface area contributed by atoms with Crippen molar-refractivity contribution in [3.8, 4) is 0 Å². The van der Waals surface area contributed by atoms with Crippen LogP contribution in [-0.4, -0.2) is 29.8 Å². The second-order valence-electron chi connectivity index (χ2n) is 5.05. The van der Waals surface area contributed by atoms with Crippen molar-refractivity contribution in [2.24, 2.45) is 11.1 Å². The third-order valence-corrected chi connectivity index (χ3v) is 2.93. The molecule has 2 atom stereocenters. The summed E-state index contributed by atoms with van der Waals surface area (Å²) in [6.45, 7) is 3.62. The number of carboxylic acid groups (broad SMARTS) is 1. The highest BCUT2D eigenvalue weighted by molar-refractivity contribution is 5.73. The van der Waals surface area contributed by atoms with Crippen molar-refractivity contribution in [3.05, 3.63) is 0 Å². The van der Waals surface area contributed by atoms with Gasteiger partial charge in [-0.25, -0.2) is 0 Å². The van der Waals surface area contributed by atoms with Crippen LogP contribution in [0.3, 0.4) is 0 Å². The van der Waals surface area contributed by atoms with E-state index >= 15 is 0 Å². The fourth-order valence-electron chi connectivity index (χ4n) is 1.72. The summed E-state index contributed by atoms with van der Waals surface area (Å²) in [6, 6.07) is 0.219. The maximum Gasteiger partial charge on any atom is 0.311 e. The lowest BCUT2D eigenvalue weighted by molar-refractivity contribution is -0.152. The molecule has 1 aliphatic rings. The predicted molar refractivity (Wildman–Crippen MR) is 57.6 cm³/mol. The SMILES string of the molecule is CC(C)(COC1CCCC(N)C1)C(=O)O. The summed E-state index contributed by atoms with van der Waals surface area (Å²) in [7, 11) is 0. The first-order chi connectivity index (χ1) is 6.92. The van der Waals surface area contributed by atoms with Crippen molar-refractivity contribution in [2.75, 3.05) is 6.61 Å². The molecule has 3 N–H and O–H groups in total. The van der Waals surface area contributed by atoms with Crippen molar-refractivity contribution in [3.63, 3.8) is 0 Å².